The third-order valence-corrected chi connectivity index (χ3v) is 2.83. The average molecular weight is 249 g/mol. The third kappa shape index (κ3) is 4.49. The van der Waals surface area contributed by atoms with Gasteiger partial charge in [-0.25, -0.2) is 0 Å². The van der Waals surface area contributed by atoms with Crippen molar-refractivity contribution in [2.45, 2.75) is 46.8 Å². The minimum absolute atomic E-state index is 0.00756. The van der Waals surface area contributed by atoms with E-state index in [-0.39, 0.29) is 24.7 Å². The van der Waals surface area contributed by atoms with Crippen molar-refractivity contribution < 1.29 is 9.53 Å². The molecule has 0 saturated heterocycles. The number of hydrogen-bond donors (Lipinski definition) is 1. The van der Waals surface area contributed by atoms with Gasteiger partial charge in [-0.2, -0.15) is 0 Å². The van der Waals surface area contributed by atoms with Crippen molar-refractivity contribution in [3.63, 3.8) is 0 Å². The van der Waals surface area contributed by atoms with Crippen LogP contribution in [-0.4, -0.2) is 18.6 Å². The highest BCUT2D eigenvalue weighted by Crippen LogP contribution is 2.18. The Morgan fingerprint density at radius 2 is 1.94 bits per heavy atom. The fourth-order valence-electron chi connectivity index (χ4n) is 1.83. The molecule has 1 aromatic rings. The van der Waals surface area contributed by atoms with Crippen molar-refractivity contribution in [3.8, 4) is 0 Å². The molecule has 0 spiro atoms. The van der Waals surface area contributed by atoms with Crippen molar-refractivity contribution in [3.05, 3.63) is 34.9 Å². The molecule has 1 N–H and O–H groups in total. The summed E-state index contributed by atoms with van der Waals surface area (Å²) in [4.78, 5) is 11.7. The fourth-order valence-corrected chi connectivity index (χ4v) is 1.83. The largest absolute Gasteiger partial charge is 0.369 e. The van der Waals surface area contributed by atoms with Gasteiger partial charge >= 0.3 is 0 Å². The van der Waals surface area contributed by atoms with Gasteiger partial charge in [0, 0.05) is 0 Å². The van der Waals surface area contributed by atoms with Crippen LogP contribution in [0.2, 0.25) is 0 Å². The Kier molecular flexibility index (Phi) is 5.35. The summed E-state index contributed by atoms with van der Waals surface area (Å²) in [5.74, 6) is -0.0721. The molecular weight excluding hydrogens is 226 g/mol. The summed E-state index contributed by atoms with van der Waals surface area (Å²) in [6.07, 6.45) is 0.0757. The van der Waals surface area contributed by atoms with E-state index in [1.807, 2.05) is 20.8 Å². The standard InChI is InChI=1S/C15H23NO2/c1-10(2)18-9-15(17)16-13(5)14-8-11(3)6-7-12(14)4/h6-8,10,13H,9H2,1-5H3,(H,16,17). The van der Waals surface area contributed by atoms with Gasteiger partial charge in [0.2, 0.25) is 5.91 Å². The van der Waals surface area contributed by atoms with Gasteiger partial charge in [0.15, 0.2) is 0 Å². The highest BCUT2D eigenvalue weighted by atomic mass is 16.5. The van der Waals surface area contributed by atoms with Crippen LogP contribution >= 0.6 is 0 Å². The van der Waals surface area contributed by atoms with Crippen molar-refractivity contribution >= 4 is 5.91 Å². The topological polar surface area (TPSA) is 38.3 Å². The number of carbonyl (C=O) groups is 1. The van der Waals surface area contributed by atoms with E-state index in [0.717, 1.165) is 5.56 Å². The van der Waals surface area contributed by atoms with E-state index in [4.69, 9.17) is 4.74 Å². The van der Waals surface area contributed by atoms with Crippen LogP contribution in [-0.2, 0) is 9.53 Å². The monoisotopic (exact) mass is 249 g/mol. The molecular formula is C15H23NO2. The molecule has 18 heavy (non-hydrogen) atoms. The zero-order chi connectivity index (χ0) is 13.7. The van der Waals surface area contributed by atoms with Crippen molar-refractivity contribution in [2.75, 3.05) is 6.61 Å². The van der Waals surface area contributed by atoms with Crippen LogP contribution in [0, 0.1) is 13.8 Å². The lowest BCUT2D eigenvalue weighted by Gasteiger charge is -2.18. The minimum atomic E-state index is -0.0721. The van der Waals surface area contributed by atoms with Crippen LogP contribution in [0.4, 0.5) is 0 Å². The van der Waals surface area contributed by atoms with Gasteiger partial charge in [-0.3, -0.25) is 4.79 Å². The Bertz CT molecular complexity index is 413. The molecule has 1 aromatic carbocycles. The van der Waals surface area contributed by atoms with E-state index in [9.17, 15) is 4.79 Å². The molecule has 0 heterocycles. The smallest absolute Gasteiger partial charge is 0.246 e. The van der Waals surface area contributed by atoms with Crippen LogP contribution in [0.5, 0.6) is 0 Å². The van der Waals surface area contributed by atoms with E-state index in [0.29, 0.717) is 0 Å². The number of amides is 1. The number of benzene rings is 1. The van der Waals surface area contributed by atoms with Crippen molar-refractivity contribution in [1.82, 2.24) is 5.32 Å². The van der Waals surface area contributed by atoms with Crippen molar-refractivity contribution in [1.29, 1.82) is 0 Å². The van der Waals surface area contributed by atoms with E-state index in [1.54, 1.807) is 0 Å². The normalized spacial score (nSPS) is 12.6. The van der Waals surface area contributed by atoms with Gasteiger partial charge in [-0.05, 0) is 45.7 Å². The Balaban J connectivity index is 2.62. The van der Waals surface area contributed by atoms with E-state index in [1.165, 1.54) is 11.1 Å². The molecule has 0 aliphatic carbocycles. The summed E-state index contributed by atoms with van der Waals surface area (Å²) in [5, 5.41) is 2.96. The molecule has 0 aliphatic heterocycles. The molecule has 0 fully saturated rings. The van der Waals surface area contributed by atoms with E-state index >= 15 is 0 Å². The summed E-state index contributed by atoms with van der Waals surface area (Å²) in [5.41, 5.74) is 3.56. The molecule has 1 unspecified atom stereocenters. The first-order valence-electron chi connectivity index (χ1n) is 6.38. The minimum Gasteiger partial charge on any atom is -0.369 e. The van der Waals surface area contributed by atoms with Gasteiger partial charge < -0.3 is 10.1 Å². The fraction of sp³-hybridized carbons (Fsp3) is 0.533. The first kappa shape index (κ1) is 14.7. The zero-order valence-electron chi connectivity index (χ0n) is 11.9. The number of carbonyl (C=O) groups excluding carboxylic acids is 1. The van der Waals surface area contributed by atoms with Crippen LogP contribution in [0.3, 0.4) is 0 Å². The second kappa shape index (κ2) is 6.55. The summed E-state index contributed by atoms with van der Waals surface area (Å²) in [6, 6.07) is 6.28. The first-order valence-corrected chi connectivity index (χ1v) is 6.38. The van der Waals surface area contributed by atoms with Gasteiger partial charge in [0.25, 0.3) is 0 Å². The Morgan fingerprint density at radius 1 is 1.28 bits per heavy atom. The van der Waals surface area contributed by atoms with Crippen LogP contribution in [0.15, 0.2) is 18.2 Å². The maximum Gasteiger partial charge on any atom is 0.246 e. The summed E-state index contributed by atoms with van der Waals surface area (Å²) in [7, 11) is 0. The van der Waals surface area contributed by atoms with Crippen molar-refractivity contribution in [2.24, 2.45) is 0 Å². The third-order valence-electron chi connectivity index (χ3n) is 2.83. The lowest BCUT2D eigenvalue weighted by atomic mass is 10.00. The Labute approximate surface area is 110 Å². The lowest BCUT2D eigenvalue weighted by Crippen LogP contribution is -2.31. The number of aryl methyl sites for hydroxylation is 2. The Morgan fingerprint density at radius 3 is 2.56 bits per heavy atom. The van der Waals surface area contributed by atoms with Crippen LogP contribution in [0.1, 0.15) is 43.5 Å². The van der Waals surface area contributed by atoms with Crippen LogP contribution < -0.4 is 5.32 Å². The molecule has 3 nitrogen and oxygen atoms in total. The molecule has 100 valence electrons. The molecule has 0 radical (unpaired) electrons. The predicted octanol–water partition coefficient (Wildman–Crippen LogP) is 2.91. The number of ether oxygens (including phenoxy) is 1. The SMILES string of the molecule is Cc1ccc(C)c(C(C)NC(=O)COC(C)C)c1. The van der Waals surface area contributed by atoms with Gasteiger partial charge in [0.1, 0.15) is 6.61 Å². The quantitative estimate of drug-likeness (QED) is 0.871. The maximum absolute atomic E-state index is 11.7. The molecule has 1 amide bonds. The van der Waals surface area contributed by atoms with Gasteiger partial charge in [-0.15, -0.1) is 0 Å². The average Bonchev–Trinajstić information content (AvgIpc) is 2.29. The second-order valence-electron chi connectivity index (χ2n) is 5.01. The Hall–Kier alpha value is -1.35. The maximum atomic E-state index is 11.7. The highest BCUT2D eigenvalue weighted by Gasteiger charge is 2.12. The van der Waals surface area contributed by atoms with Gasteiger partial charge in [0.05, 0.1) is 12.1 Å². The molecule has 0 bridgehead atoms. The van der Waals surface area contributed by atoms with E-state index < -0.39 is 0 Å². The molecule has 0 aromatic heterocycles. The number of nitrogens with one attached hydrogen (secondary N) is 1. The number of rotatable bonds is 5. The van der Waals surface area contributed by atoms with Crippen LogP contribution in [0.25, 0.3) is 0 Å². The summed E-state index contributed by atoms with van der Waals surface area (Å²) >= 11 is 0. The molecule has 0 aliphatic rings. The number of hydrogen-bond acceptors (Lipinski definition) is 2. The van der Waals surface area contributed by atoms with E-state index in [2.05, 4.69) is 37.4 Å². The summed E-state index contributed by atoms with van der Waals surface area (Å²) < 4.78 is 5.28. The molecule has 1 atom stereocenters. The van der Waals surface area contributed by atoms with Gasteiger partial charge in [-0.1, -0.05) is 23.8 Å². The molecule has 0 saturated carbocycles. The first-order chi connectivity index (χ1) is 8.40. The molecule has 3 heteroatoms. The predicted molar refractivity (Wildman–Crippen MR) is 73.6 cm³/mol. The highest BCUT2D eigenvalue weighted by molar-refractivity contribution is 5.77. The second-order valence-corrected chi connectivity index (χ2v) is 5.01. The lowest BCUT2D eigenvalue weighted by molar-refractivity contribution is -0.127. The molecule has 1 rings (SSSR count). The summed E-state index contributed by atoms with van der Waals surface area (Å²) in [6.45, 7) is 10.1. The zero-order valence-corrected chi connectivity index (χ0v) is 11.9.